The van der Waals surface area contributed by atoms with Crippen LogP contribution in [0.4, 0.5) is 0 Å². The van der Waals surface area contributed by atoms with Crippen molar-refractivity contribution in [3.05, 3.63) is 35.1 Å². The lowest BCUT2D eigenvalue weighted by Crippen LogP contribution is -1.97. The Morgan fingerprint density at radius 1 is 1.29 bits per heavy atom. The van der Waals surface area contributed by atoms with Gasteiger partial charge in [0.2, 0.25) is 0 Å². The Morgan fingerprint density at radius 2 is 2.06 bits per heavy atom. The maximum Gasteiger partial charge on any atom is 0.134 e. The maximum atomic E-state index is 10.4. The molecule has 0 spiro atoms. The van der Waals surface area contributed by atoms with Gasteiger partial charge in [-0.05, 0) is 55.0 Å². The molecule has 0 aliphatic carbocycles. The number of hydrogen-bond donors (Lipinski definition) is 0. The van der Waals surface area contributed by atoms with Gasteiger partial charge in [-0.15, -0.1) is 0 Å². The highest BCUT2D eigenvalue weighted by Crippen LogP contribution is 2.30. The van der Waals surface area contributed by atoms with Gasteiger partial charge in [0.05, 0.1) is 6.26 Å². The second-order valence-electron chi connectivity index (χ2n) is 4.77. The molecule has 0 fully saturated rings. The molecular weight excluding hydrogens is 212 g/mol. The lowest BCUT2D eigenvalue weighted by molar-refractivity contribution is -0.108. The van der Waals surface area contributed by atoms with Gasteiger partial charge in [0.25, 0.3) is 0 Å². The molecular formula is C15H18O2. The van der Waals surface area contributed by atoms with Gasteiger partial charge >= 0.3 is 0 Å². The number of fused-ring (bicyclic) bond motifs is 1. The summed E-state index contributed by atoms with van der Waals surface area (Å²) in [5, 5.41) is 1.19. The highest BCUT2D eigenvalue weighted by molar-refractivity contribution is 5.82. The number of carbonyl (C=O) groups excluding carboxylic acids is 1. The average molecular weight is 230 g/mol. The number of aldehydes is 1. The first-order valence-electron chi connectivity index (χ1n) is 6.05. The highest BCUT2D eigenvalue weighted by atomic mass is 16.3. The van der Waals surface area contributed by atoms with Crippen molar-refractivity contribution < 1.29 is 9.21 Å². The molecule has 0 bridgehead atoms. The number of carbonyl (C=O) groups is 1. The molecule has 0 saturated heterocycles. The Morgan fingerprint density at radius 3 is 2.76 bits per heavy atom. The third-order valence-corrected chi connectivity index (χ3v) is 3.40. The van der Waals surface area contributed by atoms with Crippen molar-refractivity contribution in [2.75, 3.05) is 0 Å². The molecule has 0 aliphatic rings. The van der Waals surface area contributed by atoms with Crippen molar-refractivity contribution in [3.8, 4) is 0 Å². The minimum atomic E-state index is 0.398. The van der Waals surface area contributed by atoms with Crippen molar-refractivity contribution in [1.82, 2.24) is 0 Å². The minimum absolute atomic E-state index is 0.398. The smallest absolute Gasteiger partial charge is 0.134 e. The van der Waals surface area contributed by atoms with Crippen molar-refractivity contribution in [1.29, 1.82) is 0 Å². The molecule has 0 N–H and O–H groups in total. The van der Waals surface area contributed by atoms with Crippen LogP contribution in [0.15, 0.2) is 22.8 Å². The molecule has 1 atom stereocenters. The molecule has 2 heteroatoms. The summed E-state index contributed by atoms with van der Waals surface area (Å²) >= 11 is 0. The first-order chi connectivity index (χ1) is 8.13. The van der Waals surface area contributed by atoms with Gasteiger partial charge in [-0.25, -0.2) is 0 Å². The summed E-state index contributed by atoms with van der Waals surface area (Å²) in [6.07, 6.45) is 4.30. The molecule has 2 nitrogen and oxygen atoms in total. The van der Waals surface area contributed by atoms with E-state index in [2.05, 4.69) is 32.9 Å². The standard InChI is InChI=1S/C15H18O2/c1-10(5-4-6-16)13-8-15-14(7-11(13)2)12(3)9-17-15/h6-10H,4-5H2,1-3H3. The van der Waals surface area contributed by atoms with E-state index in [0.29, 0.717) is 12.3 Å². The van der Waals surface area contributed by atoms with Gasteiger partial charge < -0.3 is 9.21 Å². The number of benzene rings is 1. The van der Waals surface area contributed by atoms with Crippen molar-refractivity contribution in [2.45, 2.75) is 39.5 Å². The molecule has 1 heterocycles. The topological polar surface area (TPSA) is 30.2 Å². The van der Waals surface area contributed by atoms with E-state index in [0.717, 1.165) is 18.3 Å². The van der Waals surface area contributed by atoms with Crippen LogP contribution in [0, 0.1) is 13.8 Å². The van der Waals surface area contributed by atoms with Gasteiger partial charge in [-0.3, -0.25) is 0 Å². The van der Waals surface area contributed by atoms with E-state index in [-0.39, 0.29) is 0 Å². The predicted molar refractivity (Wildman–Crippen MR) is 69.4 cm³/mol. The Bertz CT molecular complexity index is 537. The van der Waals surface area contributed by atoms with Crippen LogP contribution in [0.1, 0.15) is 42.4 Å². The fourth-order valence-corrected chi connectivity index (χ4v) is 2.33. The lowest BCUT2D eigenvalue weighted by atomic mass is 9.91. The number of rotatable bonds is 4. The van der Waals surface area contributed by atoms with Crippen LogP contribution in [0.5, 0.6) is 0 Å². The van der Waals surface area contributed by atoms with Crippen LogP contribution in [0.3, 0.4) is 0 Å². The largest absolute Gasteiger partial charge is 0.464 e. The zero-order valence-electron chi connectivity index (χ0n) is 10.6. The highest BCUT2D eigenvalue weighted by Gasteiger charge is 2.12. The fourth-order valence-electron chi connectivity index (χ4n) is 2.33. The molecule has 0 saturated carbocycles. The molecule has 0 amide bonds. The van der Waals surface area contributed by atoms with E-state index in [4.69, 9.17) is 4.42 Å². The molecule has 2 rings (SSSR count). The Hall–Kier alpha value is -1.57. The first kappa shape index (κ1) is 11.9. The van der Waals surface area contributed by atoms with Gasteiger partial charge in [-0.2, -0.15) is 0 Å². The predicted octanol–water partition coefficient (Wildman–Crippen LogP) is 4.13. The Balaban J connectivity index is 2.40. The molecule has 90 valence electrons. The van der Waals surface area contributed by atoms with Gasteiger partial charge in [0.1, 0.15) is 11.9 Å². The molecule has 1 unspecified atom stereocenters. The van der Waals surface area contributed by atoms with Gasteiger partial charge in [-0.1, -0.05) is 6.92 Å². The van der Waals surface area contributed by atoms with Crippen LogP contribution in [0.2, 0.25) is 0 Å². The molecule has 1 aromatic carbocycles. The summed E-state index contributed by atoms with van der Waals surface area (Å²) in [5.41, 5.74) is 4.69. The summed E-state index contributed by atoms with van der Waals surface area (Å²) in [6.45, 7) is 6.34. The van der Waals surface area contributed by atoms with E-state index in [1.807, 2.05) is 0 Å². The van der Waals surface area contributed by atoms with E-state index >= 15 is 0 Å². The Labute approximate surface area is 102 Å². The van der Waals surface area contributed by atoms with Crippen molar-refractivity contribution in [3.63, 3.8) is 0 Å². The van der Waals surface area contributed by atoms with Gasteiger partial charge in [0.15, 0.2) is 0 Å². The fraction of sp³-hybridized carbons (Fsp3) is 0.400. The normalized spacial score (nSPS) is 12.9. The van der Waals surface area contributed by atoms with Crippen LogP contribution in [-0.4, -0.2) is 6.29 Å². The van der Waals surface area contributed by atoms with Crippen LogP contribution in [-0.2, 0) is 4.79 Å². The van der Waals surface area contributed by atoms with Crippen LogP contribution in [0.25, 0.3) is 11.0 Å². The number of furan rings is 1. The molecule has 1 aromatic heterocycles. The van der Waals surface area contributed by atoms with Crippen LogP contribution < -0.4 is 0 Å². The lowest BCUT2D eigenvalue weighted by Gasteiger charge is -2.13. The van der Waals surface area contributed by atoms with E-state index in [1.54, 1.807) is 6.26 Å². The SMILES string of the molecule is Cc1cc2c(C)coc2cc1C(C)CCC=O. The average Bonchev–Trinajstić information content (AvgIpc) is 2.67. The number of hydrogen-bond acceptors (Lipinski definition) is 2. The summed E-state index contributed by atoms with van der Waals surface area (Å²) in [5.74, 6) is 0.398. The third kappa shape index (κ3) is 2.26. The van der Waals surface area contributed by atoms with Crippen molar-refractivity contribution >= 4 is 17.3 Å². The first-order valence-corrected chi connectivity index (χ1v) is 6.05. The minimum Gasteiger partial charge on any atom is -0.464 e. The van der Waals surface area contributed by atoms with Crippen LogP contribution >= 0.6 is 0 Å². The summed E-state index contributed by atoms with van der Waals surface area (Å²) < 4.78 is 5.53. The number of aryl methyl sites for hydroxylation is 2. The zero-order valence-corrected chi connectivity index (χ0v) is 10.6. The van der Waals surface area contributed by atoms with Gasteiger partial charge in [0, 0.05) is 11.8 Å². The monoisotopic (exact) mass is 230 g/mol. The zero-order chi connectivity index (χ0) is 12.4. The molecule has 0 aliphatic heterocycles. The second kappa shape index (κ2) is 4.74. The maximum absolute atomic E-state index is 10.4. The second-order valence-corrected chi connectivity index (χ2v) is 4.77. The summed E-state index contributed by atoms with van der Waals surface area (Å²) in [7, 11) is 0. The molecule has 0 radical (unpaired) electrons. The summed E-state index contributed by atoms with van der Waals surface area (Å²) in [4.78, 5) is 10.4. The molecule has 17 heavy (non-hydrogen) atoms. The molecule has 2 aromatic rings. The third-order valence-electron chi connectivity index (χ3n) is 3.40. The Kier molecular flexibility index (Phi) is 3.32. The van der Waals surface area contributed by atoms with E-state index in [9.17, 15) is 4.79 Å². The van der Waals surface area contributed by atoms with Crippen molar-refractivity contribution in [2.24, 2.45) is 0 Å². The van der Waals surface area contributed by atoms with E-state index in [1.165, 1.54) is 22.1 Å². The quantitative estimate of drug-likeness (QED) is 0.739. The summed E-state index contributed by atoms with van der Waals surface area (Å²) in [6, 6.07) is 4.30. The van der Waals surface area contributed by atoms with E-state index < -0.39 is 0 Å².